The van der Waals surface area contributed by atoms with Crippen molar-refractivity contribution in [3.05, 3.63) is 108 Å². The molecule has 4 rings (SSSR count). The van der Waals surface area contributed by atoms with Crippen molar-refractivity contribution in [2.45, 2.75) is 57.5 Å². The largest absolute Gasteiger partial charge is 0.368 e. The zero-order valence-electron chi connectivity index (χ0n) is 20.0. The molecule has 3 unspecified atom stereocenters. The van der Waals surface area contributed by atoms with E-state index in [0.717, 1.165) is 16.7 Å². The molecule has 0 aliphatic carbocycles. The van der Waals surface area contributed by atoms with Crippen molar-refractivity contribution in [3.63, 3.8) is 0 Å². The van der Waals surface area contributed by atoms with Crippen molar-refractivity contribution in [1.29, 1.82) is 0 Å². The molecule has 0 spiro atoms. The molecular formula is C30H32O5. The molecule has 1 aliphatic heterocycles. The summed E-state index contributed by atoms with van der Waals surface area (Å²) in [5, 5.41) is 0. The maximum atomic E-state index is 6.49. The van der Waals surface area contributed by atoms with Crippen molar-refractivity contribution in [2.24, 2.45) is 0 Å². The smallest absolute Gasteiger partial charge is 0.187 e. The first-order valence-corrected chi connectivity index (χ1v) is 11.9. The molecule has 0 amide bonds. The molecule has 0 aromatic heterocycles. The Balaban J connectivity index is 1.56. The van der Waals surface area contributed by atoms with Crippen molar-refractivity contribution < 1.29 is 23.7 Å². The average Bonchev–Trinajstić information content (AvgIpc) is 2.91. The van der Waals surface area contributed by atoms with Crippen LogP contribution < -0.4 is 0 Å². The van der Waals surface area contributed by atoms with E-state index in [1.807, 2.05) is 97.9 Å². The Kier molecular flexibility index (Phi) is 9.47. The lowest BCUT2D eigenvalue weighted by atomic mass is 9.98. The highest BCUT2D eigenvalue weighted by Crippen LogP contribution is 2.30. The first kappa shape index (κ1) is 25.1. The molecule has 1 fully saturated rings. The van der Waals surface area contributed by atoms with Gasteiger partial charge in [-0.25, -0.2) is 0 Å². The summed E-state index contributed by atoms with van der Waals surface area (Å²) in [6, 6.07) is 30.1. The van der Waals surface area contributed by atoms with Crippen LogP contribution in [-0.4, -0.2) is 37.3 Å². The van der Waals surface area contributed by atoms with Crippen molar-refractivity contribution >= 4 is 0 Å². The van der Waals surface area contributed by atoms with Crippen LogP contribution in [0.15, 0.2) is 91.0 Å². The van der Waals surface area contributed by atoms with Gasteiger partial charge in [0.25, 0.3) is 0 Å². The number of ether oxygens (including phenoxy) is 5. The Bertz CT molecular complexity index is 1030. The molecule has 1 heterocycles. The summed E-state index contributed by atoms with van der Waals surface area (Å²) >= 11 is 0. The van der Waals surface area contributed by atoms with Crippen LogP contribution in [0.5, 0.6) is 0 Å². The van der Waals surface area contributed by atoms with Crippen LogP contribution in [0.25, 0.3) is 0 Å². The predicted molar refractivity (Wildman–Crippen MR) is 134 cm³/mol. The summed E-state index contributed by atoms with van der Waals surface area (Å²) in [7, 11) is 0. The summed E-state index contributed by atoms with van der Waals surface area (Å²) < 4.78 is 31.4. The number of rotatable bonds is 11. The van der Waals surface area contributed by atoms with Crippen molar-refractivity contribution in [2.75, 3.05) is 6.61 Å². The molecule has 0 saturated carbocycles. The monoisotopic (exact) mass is 472 g/mol. The lowest BCUT2D eigenvalue weighted by Gasteiger charge is -2.44. The maximum Gasteiger partial charge on any atom is 0.187 e. The van der Waals surface area contributed by atoms with Crippen molar-refractivity contribution in [1.82, 2.24) is 0 Å². The standard InChI is InChI=1S/C30H32O5/c1-3-19-31-30-29(34-22-26-17-11-6-12-18-26)28(33-21-25-15-9-5-10-16-25)27(23(2)35-30)32-20-24-13-7-4-8-14-24/h1,4-18,23,27-30H,19-22H2,2H3/t23?,27-,28?,29?,30-/m1/s1. The van der Waals surface area contributed by atoms with Gasteiger partial charge in [-0.1, -0.05) is 96.9 Å². The first-order chi connectivity index (χ1) is 17.2. The van der Waals surface area contributed by atoms with E-state index in [0.29, 0.717) is 19.8 Å². The third-order valence-corrected chi connectivity index (χ3v) is 5.91. The molecular weight excluding hydrogens is 440 g/mol. The maximum absolute atomic E-state index is 6.49. The van der Waals surface area contributed by atoms with E-state index >= 15 is 0 Å². The molecule has 0 radical (unpaired) electrons. The van der Waals surface area contributed by atoms with Gasteiger partial charge in [-0.05, 0) is 23.6 Å². The van der Waals surface area contributed by atoms with Crippen LogP contribution in [0, 0.1) is 12.3 Å². The quantitative estimate of drug-likeness (QED) is 0.362. The highest BCUT2D eigenvalue weighted by Gasteiger charge is 2.47. The van der Waals surface area contributed by atoms with Gasteiger partial charge in [0.15, 0.2) is 6.29 Å². The van der Waals surface area contributed by atoms with Gasteiger partial charge in [-0.2, -0.15) is 0 Å². The number of hydrogen-bond donors (Lipinski definition) is 0. The molecule has 35 heavy (non-hydrogen) atoms. The minimum Gasteiger partial charge on any atom is -0.368 e. The van der Waals surface area contributed by atoms with Gasteiger partial charge < -0.3 is 23.7 Å². The Hall–Kier alpha value is -2.98. The zero-order chi connectivity index (χ0) is 24.3. The molecule has 3 aromatic rings. The molecule has 5 nitrogen and oxygen atoms in total. The minimum absolute atomic E-state index is 0.115. The molecule has 1 aliphatic rings. The van der Waals surface area contributed by atoms with E-state index < -0.39 is 18.5 Å². The van der Waals surface area contributed by atoms with Crippen LogP contribution >= 0.6 is 0 Å². The molecule has 5 atom stereocenters. The fourth-order valence-electron chi connectivity index (χ4n) is 4.13. The fraction of sp³-hybridized carbons (Fsp3) is 0.333. The highest BCUT2D eigenvalue weighted by atomic mass is 16.7. The van der Waals surface area contributed by atoms with Crippen LogP contribution in [-0.2, 0) is 43.5 Å². The van der Waals surface area contributed by atoms with Crippen LogP contribution in [0.4, 0.5) is 0 Å². The third-order valence-electron chi connectivity index (χ3n) is 5.91. The van der Waals surface area contributed by atoms with Gasteiger partial charge in [0.05, 0.1) is 25.9 Å². The van der Waals surface area contributed by atoms with Gasteiger partial charge >= 0.3 is 0 Å². The summed E-state index contributed by atoms with van der Waals surface area (Å²) in [5.41, 5.74) is 3.19. The first-order valence-electron chi connectivity index (χ1n) is 11.9. The van der Waals surface area contributed by atoms with Crippen molar-refractivity contribution in [3.8, 4) is 12.3 Å². The predicted octanol–water partition coefficient (Wildman–Crippen LogP) is 5.14. The van der Waals surface area contributed by atoms with Gasteiger partial charge in [0.2, 0.25) is 0 Å². The SMILES string of the molecule is C#CCO[C@@H]1OC(C)[C@@H](OCc2ccccc2)C(OCc2ccccc2)C1OCc1ccccc1. The lowest BCUT2D eigenvalue weighted by Crippen LogP contribution is -2.60. The van der Waals surface area contributed by atoms with E-state index in [9.17, 15) is 0 Å². The average molecular weight is 473 g/mol. The highest BCUT2D eigenvalue weighted by molar-refractivity contribution is 5.15. The normalized spacial score (nSPS) is 24.1. The van der Waals surface area contributed by atoms with E-state index in [2.05, 4.69) is 5.92 Å². The molecule has 0 N–H and O–H groups in total. The Labute approximate surface area is 207 Å². The molecule has 182 valence electrons. The van der Waals surface area contributed by atoms with Crippen LogP contribution in [0.1, 0.15) is 23.6 Å². The van der Waals surface area contributed by atoms with Gasteiger partial charge in [0, 0.05) is 0 Å². The second kappa shape index (κ2) is 13.2. The fourth-order valence-corrected chi connectivity index (χ4v) is 4.13. The van der Waals surface area contributed by atoms with Crippen LogP contribution in [0.3, 0.4) is 0 Å². The number of hydrogen-bond acceptors (Lipinski definition) is 5. The van der Waals surface area contributed by atoms with E-state index in [1.165, 1.54) is 0 Å². The van der Waals surface area contributed by atoms with Gasteiger partial charge in [0.1, 0.15) is 24.9 Å². The second-order valence-electron chi connectivity index (χ2n) is 8.51. The van der Waals surface area contributed by atoms with E-state index in [4.69, 9.17) is 30.1 Å². The summed E-state index contributed by atoms with van der Waals surface area (Å²) in [5.74, 6) is 2.52. The molecule has 1 saturated heterocycles. The van der Waals surface area contributed by atoms with Crippen LogP contribution in [0.2, 0.25) is 0 Å². The minimum atomic E-state index is -0.679. The second-order valence-corrected chi connectivity index (χ2v) is 8.51. The van der Waals surface area contributed by atoms with E-state index in [-0.39, 0.29) is 18.8 Å². The topological polar surface area (TPSA) is 46.2 Å². The Morgan fingerprint density at radius 2 is 1.06 bits per heavy atom. The molecule has 0 bridgehead atoms. The number of terminal acetylenes is 1. The summed E-state index contributed by atoms with van der Waals surface area (Å²) in [4.78, 5) is 0. The zero-order valence-corrected chi connectivity index (χ0v) is 20.0. The Morgan fingerprint density at radius 3 is 1.51 bits per heavy atom. The molecule has 5 heteroatoms. The summed E-state index contributed by atoms with van der Waals surface area (Å²) in [6.45, 7) is 3.32. The third kappa shape index (κ3) is 7.25. The van der Waals surface area contributed by atoms with Gasteiger partial charge in [-0.3, -0.25) is 0 Å². The Morgan fingerprint density at radius 1 is 0.629 bits per heavy atom. The molecule has 3 aromatic carbocycles. The number of benzene rings is 3. The van der Waals surface area contributed by atoms with Gasteiger partial charge in [-0.15, -0.1) is 6.42 Å². The van der Waals surface area contributed by atoms with E-state index in [1.54, 1.807) is 0 Å². The summed E-state index contributed by atoms with van der Waals surface area (Å²) in [6.07, 6.45) is 3.16. The lowest BCUT2D eigenvalue weighted by molar-refractivity contribution is -0.317.